The Hall–Kier alpha value is -2.70. The molecule has 0 aliphatic rings. The monoisotopic (exact) mass is 235 g/mol. The minimum Gasteiger partial charge on any atom is -0.492 e. The van der Waals surface area contributed by atoms with Crippen LogP contribution in [0.25, 0.3) is 0 Å². The molecule has 7 nitrogen and oxygen atoms in total. The summed E-state index contributed by atoms with van der Waals surface area (Å²) < 4.78 is 0.589. The van der Waals surface area contributed by atoms with Gasteiger partial charge in [-0.05, 0) is 12.1 Å². The average Bonchev–Trinajstić information content (AvgIpc) is 2.62. The summed E-state index contributed by atoms with van der Waals surface area (Å²) in [7, 11) is 0. The summed E-state index contributed by atoms with van der Waals surface area (Å²) in [6, 6.07) is 5.63. The van der Waals surface area contributed by atoms with Crippen LogP contribution in [0.3, 0.4) is 0 Å². The van der Waals surface area contributed by atoms with Crippen LogP contribution in [0.4, 0.5) is 10.5 Å². The fraction of sp³-hybridized carbons (Fsp3) is 0. The Kier molecular flexibility index (Phi) is 2.82. The molecule has 2 heterocycles. The molecule has 0 saturated heterocycles. The summed E-state index contributed by atoms with van der Waals surface area (Å²) in [5.74, 6) is -0.771. The van der Waals surface area contributed by atoms with Gasteiger partial charge in [-0.3, -0.25) is 10.3 Å². The van der Waals surface area contributed by atoms with Crippen LogP contribution in [0.5, 0.6) is 11.8 Å². The van der Waals surface area contributed by atoms with Crippen molar-refractivity contribution in [1.29, 1.82) is 0 Å². The molecule has 0 bridgehead atoms. The lowest BCUT2D eigenvalue weighted by Gasteiger charge is -2.07. The van der Waals surface area contributed by atoms with Crippen molar-refractivity contribution in [2.75, 3.05) is 5.32 Å². The minimum absolute atomic E-state index is 0.385. The molecule has 2 aromatic heterocycles. The van der Waals surface area contributed by atoms with Gasteiger partial charge in [0.15, 0.2) is 0 Å². The standard InChI is InChI=1S/C10H9N3O4/c14-8-3-4-9(15)13(8)17-10(16)12-7-2-1-5-11-6-7/h1-6,14-15H,(H,12,16). The molecule has 2 aromatic rings. The van der Waals surface area contributed by atoms with E-state index < -0.39 is 6.09 Å². The first kappa shape index (κ1) is 10.8. The number of anilines is 1. The first-order valence-corrected chi connectivity index (χ1v) is 4.66. The molecule has 2 rings (SSSR count). The van der Waals surface area contributed by atoms with E-state index in [0.29, 0.717) is 10.4 Å². The number of carbonyl (C=O) groups excluding carboxylic acids is 1. The predicted molar refractivity (Wildman–Crippen MR) is 57.6 cm³/mol. The van der Waals surface area contributed by atoms with Crippen LogP contribution in [-0.2, 0) is 0 Å². The second-order valence-electron chi connectivity index (χ2n) is 3.09. The van der Waals surface area contributed by atoms with Crippen LogP contribution >= 0.6 is 0 Å². The smallest absolute Gasteiger partial charge is 0.436 e. The third-order valence-electron chi connectivity index (χ3n) is 1.88. The highest BCUT2D eigenvalue weighted by Crippen LogP contribution is 2.18. The number of nitrogens with one attached hydrogen (secondary N) is 1. The Morgan fingerprint density at radius 3 is 2.59 bits per heavy atom. The third-order valence-corrected chi connectivity index (χ3v) is 1.88. The quantitative estimate of drug-likeness (QED) is 0.720. The lowest BCUT2D eigenvalue weighted by atomic mass is 10.4. The van der Waals surface area contributed by atoms with E-state index in [1.165, 1.54) is 18.3 Å². The normalized spacial score (nSPS) is 9.88. The van der Waals surface area contributed by atoms with Crippen molar-refractivity contribution in [2.45, 2.75) is 0 Å². The topological polar surface area (TPSA) is 96.6 Å². The van der Waals surface area contributed by atoms with E-state index in [-0.39, 0.29) is 11.8 Å². The summed E-state index contributed by atoms with van der Waals surface area (Å²) >= 11 is 0. The van der Waals surface area contributed by atoms with Crippen LogP contribution in [-0.4, -0.2) is 26.0 Å². The Morgan fingerprint density at radius 1 is 1.29 bits per heavy atom. The number of amides is 1. The first-order chi connectivity index (χ1) is 8.16. The lowest BCUT2D eigenvalue weighted by molar-refractivity contribution is 0.120. The average molecular weight is 235 g/mol. The highest BCUT2D eigenvalue weighted by Gasteiger charge is 2.11. The molecule has 0 spiro atoms. The van der Waals surface area contributed by atoms with Gasteiger partial charge in [-0.2, -0.15) is 0 Å². The van der Waals surface area contributed by atoms with Crippen molar-refractivity contribution in [3.8, 4) is 11.8 Å². The second kappa shape index (κ2) is 4.44. The van der Waals surface area contributed by atoms with Crippen molar-refractivity contribution < 1.29 is 19.8 Å². The Bertz CT molecular complexity index is 504. The molecular formula is C10H9N3O4. The zero-order chi connectivity index (χ0) is 12.3. The van der Waals surface area contributed by atoms with Crippen molar-refractivity contribution in [3.05, 3.63) is 36.7 Å². The van der Waals surface area contributed by atoms with Crippen LogP contribution in [0.1, 0.15) is 0 Å². The van der Waals surface area contributed by atoms with Crippen LogP contribution in [0.2, 0.25) is 0 Å². The molecule has 0 aliphatic carbocycles. The minimum atomic E-state index is -0.861. The maximum absolute atomic E-state index is 11.4. The summed E-state index contributed by atoms with van der Waals surface area (Å²) in [5, 5.41) is 20.8. The Balaban J connectivity index is 2.03. The van der Waals surface area contributed by atoms with Gasteiger partial charge in [-0.25, -0.2) is 4.79 Å². The number of pyridine rings is 1. The Morgan fingerprint density at radius 2 is 2.00 bits per heavy atom. The fourth-order valence-electron chi connectivity index (χ4n) is 1.16. The van der Waals surface area contributed by atoms with E-state index in [2.05, 4.69) is 15.1 Å². The van der Waals surface area contributed by atoms with Crippen LogP contribution in [0.15, 0.2) is 36.7 Å². The van der Waals surface area contributed by atoms with E-state index >= 15 is 0 Å². The van der Waals surface area contributed by atoms with E-state index in [1.807, 2.05) is 0 Å². The van der Waals surface area contributed by atoms with Gasteiger partial charge in [0, 0.05) is 18.3 Å². The van der Waals surface area contributed by atoms with Gasteiger partial charge in [0.05, 0.1) is 11.9 Å². The van der Waals surface area contributed by atoms with Gasteiger partial charge in [0.25, 0.3) is 0 Å². The van der Waals surface area contributed by atoms with E-state index in [4.69, 9.17) is 0 Å². The number of nitrogens with zero attached hydrogens (tertiary/aromatic N) is 2. The maximum atomic E-state index is 11.4. The molecule has 3 N–H and O–H groups in total. The summed E-state index contributed by atoms with van der Waals surface area (Å²) in [5.41, 5.74) is 0.434. The van der Waals surface area contributed by atoms with Crippen molar-refractivity contribution in [1.82, 2.24) is 9.71 Å². The molecule has 7 heteroatoms. The van der Waals surface area contributed by atoms with Gasteiger partial charge in [0.1, 0.15) is 0 Å². The van der Waals surface area contributed by atoms with Gasteiger partial charge in [0.2, 0.25) is 11.8 Å². The lowest BCUT2D eigenvalue weighted by Crippen LogP contribution is -2.24. The summed E-state index contributed by atoms with van der Waals surface area (Å²) in [6.07, 6.45) is 2.12. The number of hydrogen-bond acceptors (Lipinski definition) is 5. The largest absolute Gasteiger partial charge is 0.492 e. The molecule has 0 fully saturated rings. The van der Waals surface area contributed by atoms with E-state index in [9.17, 15) is 15.0 Å². The van der Waals surface area contributed by atoms with Crippen molar-refractivity contribution >= 4 is 11.8 Å². The fourth-order valence-corrected chi connectivity index (χ4v) is 1.16. The summed E-state index contributed by atoms with van der Waals surface area (Å²) in [4.78, 5) is 19.8. The molecule has 0 aliphatic heterocycles. The molecule has 0 aromatic carbocycles. The molecular weight excluding hydrogens is 226 g/mol. The van der Waals surface area contributed by atoms with E-state index in [0.717, 1.165) is 0 Å². The number of carbonyl (C=O) groups is 1. The zero-order valence-corrected chi connectivity index (χ0v) is 8.57. The van der Waals surface area contributed by atoms with Gasteiger partial charge >= 0.3 is 6.09 Å². The molecule has 0 atom stereocenters. The van der Waals surface area contributed by atoms with Gasteiger partial charge in [-0.1, -0.05) is 0 Å². The molecule has 0 saturated carbocycles. The van der Waals surface area contributed by atoms with Crippen molar-refractivity contribution in [3.63, 3.8) is 0 Å². The third kappa shape index (κ3) is 2.46. The zero-order valence-electron chi connectivity index (χ0n) is 8.57. The van der Waals surface area contributed by atoms with Crippen molar-refractivity contribution in [2.24, 2.45) is 0 Å². The molecule has 17 heavy (non-hydrogen) atoms. The van der Waals surface area contributed by atoms with Gasteiger partial charge in [-0.15, -0.1) is 4.73 Å². The summed E-state index contributed by atoms with van der Waals surface area (Å²) in [6.45, 7) is 0. The first-order valence-electron chi connectivity index (χ1n) is 4.66. The molecule has 0 radical (unpaired) electrons. The van der Waals surface area contributed by atoms with Crippen LogP contribution in [0, 0.1) is 0 Å². The number of aromatic nitrogens is 2. The van der Waals surface area contributed by atoms with Crippen LogP contribution < -0.4 is 10.2 Å². The maximum Gasteiger partial charge on any atom is 0.436 e. The predicted octanol–water partition coefficient (Wildman–Crippen LogP) is 0.955. The highest BCUT2D eigenvalue weighted by atomic mass is 16.7. The Labute approximate surface area is 95.9 Å². The van der Waals surface area contributed by atoms with Gasteiger partial charge < -0.3 is 15.1 Å². The molecule has 88 valence electrons. The SMILES string of the molecule is O=C(Nc1cccnc1)On1c(O)ccc1O. The number of hydrogen-bond donors (Lipinski definition) is 3. The number of aromatic hydroxyl groups is 2. The second-order valence-corrected chi connectivity index (χ2v) is 3.09. The molecule has 1 amide bonds. The van der Waals surface area contributed by atoms with E-state index in [1.54, 1.807) is 18.3 Å². The number of rotatable bonds is 2. The highest BCUT2D eigenvalue weighted by molar-refractivity contribution is 5.84. The molecule has 0 unspecified atom stereocenters.